The summed E-state index contributed by atoms with van der Waals surface area (Å²) < 4.78 is 30.1. The van der Waals surface area contributed by atoms with Crippen LogP contribution >= 0.6 is 0 Å². The summed E-state index contributed by atoms with van der Waals surface area (Å²) >= 11 is 0. The van der Waals surface area contributed by atoms with Gasteiger partial charge >= 0.3 is 0 Å². The molecule has 4 N–H and O–H groups in total. The van der Waals surface area contributed by atoms with Crippen molar-refractivity contribution in [3.05, 3.63) is 58.0 Å². The van der Waals surface area contributed by atoms with Gasteiger partial charge in [-0.1, -0.05) is 6.08 Å². The Morgan fingerprint density at radius 2 is 1.40 bits per heavy atom. The van der Waals surface area contributed by atoms with E-state index < -0.39 is 10.1 Å². The second kappa shape index (κ2) is 7.29. The van der Waals surface area contributed by atoms with Gasteiger partial charge in [0.1, 0.15) is 0 Å². The molecule has 0 saturated carbocycles. The normalized spacial score (nSPS) is 11.9. The molecule has 6 heteroatoms. The predicted octanol–water partition coefficient (Wildman–Crippen LogP) is 3.98. The maximum atomic E-state index is 10.7. The number of hydrogen-bond acceptors (Lipinski definition) is 4. The van der Waals surface area contributed by atoms with E-state index in [4.69, 9.17) is 10.3 Å². The van der Waals surface area contributed by atoms with E-state index in [0.717, 1.165) is 50.2 Å². The van der Waals surface area contributed by atoms with E-state index in [1.165, 1.54) is 6.08 Å². The molecule has 0 aliphatic rings. The van der Waals surface area contributed by atoms with Gasteiger partial charge in [0.25, 0.3) is 10.1 Å². The Bertz CT molecular complexity index is 886. The molecule has 0 bridgehead atoms. The average molecular weight is 360 g/mol. The van der Waals surface area contributed by atoms with Crippen LogP contribution in [0.1, 0.15) is 22.3 Å². The number of rotatable bonds is 5. The quantitative estimate of drug-likeness (QED) is 0.554. The van der Waals surface area contributed by atoms with Crippen LogP contribution in [-0.4, -0.2) is 19.5 Å². The van der Waals surface area contributed by atoms with Gasteiger partial charge < -0.3 is 11.1 Å². The maximum absolute atomic E-state index is 10.7. The summed E-state index contributed by atoms with van der Waals surface area (Å²) in [5, 5.41) is 3.96. The fraction of sp³-hybridized carbons (Fsp3) is 0.263. The van der Waals surface area contributed by atoms with Gasteiger partial charge in [0.15, 0.2) is 0 Å². The zero-order chi connectivity index (χ0) is 18.8. The zero-order valence-corrected chi connectivity index (χ0v) is 15.7. The first-order valence-electron chi connectivity index (χ1n) is 7.94. The Labute approximate surface area is 149 Å². The third kappa shape index (κ3) is 4.84. The molecule has 2 aromatic rings. The Balaban J connectivity index is 2.30. The molecule has 0 aliphatic heterocycles. The molecule has 0 unspecified atom stereocenters. The molecule has 25 heavy (non-hydrogen) atoms. The van der Waals surface area contributed by atoms with E-state index in [2.05, 4.69) is 29.6 Å². The molecule has 134 valence electrons. The van der Waals surface area contributed by atoms with Crippen molar-refractivity contribution in [3.8, 4) is 11.1 Å². The summed E-state index contributed by atoms with van der Waals surface area (Å²) in [6.45, 7) is 8.32. The minimum Gasteiger partial charge on any atom is -0.398 e. The Morgan fingerprint density at radius 3 is 1.84 bits per heavy atom. The van der Waals surface area contributed by atoms with Crippen LogP contribution in [0.5, 0.6) is 0 Å². The van der Waals surface area contributed by atoms with Crippen molar-refractivity contribution >= 4 is 21.5 Å². The fourth-order valence-electron chi connectivity index (χ4n) is 2.88. The largest absolute Gasteiger partial charge is 0.398 e. The molecule has 0 aromatic heterocycles. The highest BCUT2D eigenvalue weighted by Gasteiger charge is 2.09. The van der Waals surface area contributed by atoms with Crippen LogP contribution in [0.4, 0.5) is 11.4 Å². The smallest absolute Gasteiger partial charge is 0.287 e. The standard InChI is InChI=1S/C19H24N2O3S/c1-12-8-16(9-13(2)18(12)20)17-10-14(3)19(15(4)11-17)21-6-5-7-25(22,23)24/h5,7-11,21H,6,20H2,1-4H3,(H,22,23,24). The first kappa shape index (κ1) is 19.0. The Hall–Kier alpha value is -2.31. The topological polar surface area (TPSA) is 92.4 Å². The van der Waals surface area contributed by atoms with Gasteiger partial charge in [0.05, 0.1) is 5.41 Å². The van der Waals surface area contributed by atoms with Gasteiger partial charge in [-0.15, -0.1) is 0 Å². The van der Waals surface area contributed by atoms with E-state index in [0.29, 0.717) is 6.54 Å². The van der Waals surface area contributed by atoms with Crippen molar-refractivity contribution in [2.45, 2.75) is 27.7 Å². The number of aryl methyl sites for hydroxylation is 4. The summed E-state index contributed by atoms with van der Waals surface area (Å²) in [5.41, 5.74) is 14.3. The molecular formula is C19H24N2O3S. The molecule has 0 atom stereocenters. The zero-order valence-electron chi connectivity index (χ0n) is 14.9. The van der Waals surface area contributed by atoms with Crippen molar-refractivity contribution < 1.29 is 13.0 Å². The van der Waals surface area contributed by atoms with Crippen LogP contribution in [-0.2, 0) is 10.1 Å². The van der Waals surface area contributed by atoms with Crippen LogP contribution in [0.15, 0.2) is 35.7 Å². The molecule has 2 aromatic carbocycles. The summed E-state index contributed by atoms with van der Waals surface area (Å²) in [6.07, 6.45) is 1.37. The van der Waals surface area contributed by atoms with E-state index in [1.54, 1.807) is 0 Å². The highest BCUT2D eigenvalue weighted by Crippen LogP contribution is 2.31. The lowest BCUT2D eigenvalue weighted by Crippen LogP contribution is -2.04. The van der Waals surface area contributed by atoms with Gasteiger partial charge in [-0.3, -0.25) is 4.55 Å². The number of anilines is 2. The number of nitrogens with two attached hydrogens (primary N) is 1. The molecule has 2 rings (SSSR count). The Morgan fingerprint density at radius 1 is 0.960 bits per heavy atom. The third-order valence-corrected chi connectivity index (χ3v) is 4.66. The molecule has 0 heterocycles. The van der Waals surface area contributed by atoms with Crippen molar-refractivity contribution in [1.29, 1.82) is 0 Å². The lowest BCUT2D eigenvalue weighted by Gasteiger charge is -2.15. The van der Waals surface area contributed by atoms with E-state index in [9.17, 15) is 8.42 Å². The molecule has 0 amide bonds. The highest BCUT2D eigenvalue weighted by molar-refractivity contribution is 7.88. The molecule has 0 aliphatic carbocycles. The summed E-state index contributed by atoms with van der Waals surface area (Å²) in [5.74, 6) is 0. The lowest BCUT2D eigenvalue weighted by molar-refractivity contribution is 0.494. The summed E-state index contributed by atoms with van der Waals surface area (Å²) in [6, 6.07) is 8.34. The van der Waals surface area contributed by atoms with Crippen LogP contribution in [0.2, 0.25) is 0 Å². The maximum Gasteiger partial charge on any atom is 0.287 e. The van der Waals surface area contributed by atoms with E-state index in [-0.39, 0.29) is 0 Å². The van der Waals surface area contributed by atoms with Gasteiger partial charge in [-0.2, -0.15) is 8.42 Å². The van der Waals surface area contributed by atoms with Crippen molar-refractivity contribution in [2.24, 2.45) is 0 Å². The first-order chi connectivity index (χ1) is 11.6. The molecule has 5 nitrogen and oxygen atoms in total. The first-order valence-corrected chi connectivity index (χ1v) is 9.45. The third-order valence-electron chi connectivity index (χ3n) is 4.12. The average Bonchev–Trinajstić information content (AvgIpc) is 2.49. The van der Waals surface area contributed by atoms with Crippen molar-refractivity contribution in [2.75, 3.05) is 17.6 Å². The number of hydrogen-bond donors (Lipinski definition) is 3. The van der Waals surface area contributed by atoms with Crippen LogP contribution in [0, 0.1) is 27.7 Å². The van der Waals surface area contributed by atoms with Gasteiger partial charge in [0, 0.05) is 17.9 Å². The molecule has 0 fully saturated rings. The highest BCUT2D eigenvalue weighted by atomic mass is 32.2. The monoisotopic (exact) mass is 360 g/mol. The minimum atomic E-state index is -4.08. The second-order valence-corrected chi connectivity index (χ2v) is 7.58. The molecule has 0 saturated heterocycles. The number of nitrogen functional groups attached to an aromatic ring is 1. The van der Waals surface area contributed by atoms with E-state index in [1.807, 2.05) is 27.7 Å². The van der Waals surface area contributed by atoms with Gasteiger partial charge in [0.2, 0.25) is 0 Å². The second-order valence-electron chi connectivity index (χ2n) is 6.28. The molecule has 0 radical (unpaired) electrons. The summed E-state index contributed by atoms with van der Waals surface area (Å²) in [4.78, 5) is 0. The Kier molecular flexibility index (Phi) is 5.55. The van der Waals surface area contributed by atoms with Crippen molar-refractivity contribution in [3.63, 3.8) is 0 Å². The number of nitrogens with one attached hydrogen (secondary N) is 1. The molecular weight excluding hydrogens is 336 g/mol. The van der Waals surface area contributed by atoms with Crippen LogP contribution in [0.25, 0.3) is 11.1 Å². The van der Waals surface area contributed by atoms with Gasteiger partial charge in [-0.05, 0) is 85.3 Å². The fourth-order valence-corrected chi connectivity index (χ4v) is 3.22. The minimum absolute atomic E-state index is 0.306. The van der Waals surface area contributed by atoms with E-state index >= 15 is 0 Å². The van der Waals surface area contributed by atoms with Crippen LogP contribution < -0.4 is 11.1 Å². The van der Waals surface area contributed by atoms with Crippen LogP contribution in [0.3, 0.4) is 0 Å². The summed E-state index contributed by atoms with van der Waals surface area (Å²) in [7, 11) is -4.08. The van der Waals surface area contributed by atoms with Crippen molar-refractivity contribution in [1.82, 2.24) is 0 Å². The number of benzene rings is 2. The predicted molar refractivity (Wildman–Crippen MR) is 104 cm³/mol. The SMILES string of the molecule is Cc1cc(-c2cc(C)c(NCC=CS(=O)(=O)O)c(C)c2)cc(C)c1N. The molecule has 0 spiro atoms. The van der Waals surface area contributed by atoms with Gasteiger partial charge in [-0.25, -0.2) is 0 Å². The lowest BCUT2D eigenvalue weighted by atomic mass is 9.95.